The Bertz CT molecular complexity index is 687. The van der Waals surface area contributed by atoms with Crippen molar-refractivity contribution in [3.63, 3.8) is 0 Å². The fourth-order valence-electron chi connectivity index (χ4n) is 3.88. The van der Waals surface area contributed by atoms with Gasteiger partial charge in [0.1, 0.15) is 0 Å². The Hall–Kier alpha value is -2.02. The van der Waals surface area contributed by atoms with Crippen molar-refractivity contribution in [1.82, 2.24) is 9.80 Å². The van der Waals surface area contributed by atoms with Gasteiger partial charge in [-0.15, -0.1) is 0 Å². The summed E-state index contributed by atoms with van der Waals surface area (Å²) in [6, 6.07) is 3.44. The van der Waals surface area contributed by atoms with Gasteiger partial charge in [-0.05, 0) is 56.0 Å². The predicted octanol–water partition coefficient (Wildman–Crippen LogP) is 1.65. The summed E-state index contributed by atoms with van der Waals surface area (Å²) in [5.41, 5.74) is 5.86. The Kier molecular flexibility index (Phi) is 4.77. The number of halogens is 2. The Morgan fingerprint density at radius 3 is 2.56 bits per heavy atom. The van der Waals surface area contributed by atoms with Crippen molar-refractivity contribution in [2.75, 3.05) is 19.6 Å². The van der Waals surface area contributed by atoms with Gasteiger partial charge in [-0.2, -0.15) is 0 Å². The van der Waals surface area contributed by atoms with E-state index in [0.29, 0.717) is 25.1 Å². The van der Waals surface area contributed by atoms with Gasteiger partial charge in [-0.3, -0.25) is 14.5 Å². The first-order valence-corrected chi connectivity index (χ1v) is 8.55. The summed E-state index contributed by atoms with van der Waals surface area (Å²) in [4.78, 5) is 27.5. The highest BCUT2D eigenvalue weighted by molar-refractivity contribution is 5.80. The first-order valence-electron chi connectivity index (χ1n) is 8.55. The summed E-state index contributed by atoms with van der Waals surface area (Å²) < 4.78 is 26.4. The first-order chi connectivity index (χ1) is 11.8. The number of hydrogen-bond donors (Lipinski definition) is 1. The molecule has 2 saturated heterocycles. The number of benzene rings is 1. The lowest BCUT2D eigenvalue weighted by atomic mass is 9.77. The van der Waals surface area contributed by atoms with Crippen LogP contribution in [-0.4, -0.2) is 47.3 Å². The van der Waals surface area contributed by atoms with E-state index >= 15 is 0 Å². The van der Waals surface area contributed by atoms with Crippen LogP contribution in [-0.2, 0) is 16.1 Å². The van der Waals surface area contributed by atoms with E-state index in [1.54, 1.807) is 11.8 Å². The molecule has 0 bridgehead atoms. The summed E-state index contributed by atoms with van der Waals surface area (Å²) in [6.45, 7) is 4.17. The van der Waals surface area contributed by atoms with Gasteiger partial charge >= 0.3 is 0 Å². The summed E-state index contributed by atoms with van der Waals surface area (Å²) >= 11 is 0. The van der Waals surface area contributed by atoms with Crippen LogP contribution in [0.5, 0.6) is 0 Å². The molecule has 1 spiro atoms. The van der Waals surface area contributed by atoms with Crippen LogP contribution in [0.3, 0.4) is 0 Å². The number of nitrogens with zero attached hydrogens (tertiary/aromatic N) is 2. The Balaban J connectivity index is 1.63. The van der Waals surface area contributed by atoms with Crippen LogP contribution in [0.1, 0.15) is 31.7 Å². The lowest BCUT2D eigenvalue weighted by Gasteiger charge is -2.40. The molecule has 2 fully saturated rings. The van der Waals surface area contributed by atoms with E-state index in [2.05, 4.69) is 4.90 Å². The zero-order valence-corrected chi connectivity index (χ0v) is 14.3. The monoisotopic (exact) mass is 351 g/mol. The van der Waals surface area contributed by atoms with Crippen molar-refractivity contribution in [2.45, 2.75) is 38.8 Å². The van der Waals surface area contributed by atoms with Crippen molar-refractivity contribution in [1.29, 1.82) is 0 Å². The number of carbonyl (C=O) groups excluding carboxylic acids is 2. The standard InChI is InChI=1S/C18H23F2N3O2/c1-12(17(21)25)22-6-4-18(5-7-22)9-16(24)23(11-18)10-13-2-3-14(19)15(20)8-13/h2-3,8,12H,4-7,9-11H2,1H3,(H2,21,25)/t12-/m0/s1. The number of primary amides is 1. The van der Waals surface area contributed by atoms with Gasteiger partial charge in [0.05, 0.1) is 6.04 Å². The third-order valence-electron chi connectivity index (χ3n) is 5.58. The number of amides is 2. The molecular formula is C18H23F2N3O2. The molecule has 2 amide bonds. The Labute approximate surface area is 145 Å². The van der Waals surface area contributed by atoms with Crippen LogP contribution in [0.4, 0.5) is 8.78 Å². The summed E-state index contributed by atoms with van der Waals surface area (Å²) in [5, 5.41) is 0. The summed E-state index contributed by atoms with van der Waals surface area (Å²) in [6.07, 6.45) is 2.12. The molecule has 7 heteroatoms. The number of nitrogens with two attached hydrogens (primary N) is 1. The number of rotatable bonds is 4. The minimum absolute atomic E-state index is 0.0427. The quantitative estimate of drug-likeness (QED) is 0.897. The maximum absolute atomic E-state index is 13.4. The van der Waals surface area contributed by atoms with E-state index in [9.17, 15) is 18.4 Å². The van der Waals surface area contributed by atoms with Crippen LogP contribution in [0.25, 0.3) is 0 Å². The smallest absolute Gasteiger partial charge is 0.234 e. The molecule has 2 heterocycles. The highest BCUT2D eigenvalue weighted by Crippen LogP contribution is 2.41. The molecule has 25 heavy (non-hydrogen) atoms. The molecule has 0 aliphatic carbocycles. The van der Waals surface area contributed by atoms with E-state index in [4.69, 9.17) is 5.73 Å². The van der Waals surface area contributed by atoms with Crippen molar-refractivity contribution >= 4 is 11.8 Å². The van der Waals surface area contributed by atoms with Crippen LogP contribution in [0.15, 0.2) is 18.2 Å². The van der Waals surface area contributed by atoms with E-state index in [0.717, 1.165) is 38.1 Å². The molecule has 3 rings (SSSR count). The molecule has 2 aliphatic heterocycles. The lowest BCUT2D eigenvalue weighted by molar-refractivity contribution is -0.128. The Morgan fingerprint density at radius 1 is 1.28 bits per heavy atom. The van der Waals surface area contributed by atoms with Gasteiger partial charge in [0.15, 0.2) is 11.6 Å². The summed E-state index contributed by atoms with van der Waals surface area (Å²) in [5.74, 6) is -2.07. The minimum atomic E-state index is -0.896. The molecule has 1 aromatic rings. The maximum Gasteiger partial charge on any atom is 0.234 e. The third kappa shape index (κ3) is 3.66. The average molecular weight is 351 g/mol. The number of likely N-dealkylation sites (tertiary alicyclic amines) is 2. The van der Waals surface area contributed by atoms with E-state index in [1.165, 1.54) is 6.07 Å². The van der Waals surface area contributed by atoms with Crippen molar-refractivity contribution in [3.8, 4) is 0 Å². The summed E-state index contributed by atoms with van der Waals surface area (Å²) in [7, 11) is 0. The number of hydrogen-bond acceptors (Lipinski definition) is 3. The molecule has 2 aliphatic rings. The molecule has 1 atom stereocenters. The van der Waals surface area contributed by atoms with Crippen molar-refractivity contribution in [3.05, 3.63) is 35.4 Å². The number of piperidine rings is 1. The van der Waals surface area contributed by atoms with Crippen LogP contribution >= 0.6 is 0 Å². The van der Waals surface area contributed by atoms with Gasteiger partial charge in [0.25, 0.3) is 0 Å². The van der Waals surface area contributed by atoms with Gasteiger partial charge in [0.2, 0.25) is 11.8 Å². The third-order valence-corrected chi connectivity index (χ3v) is 5.58. The van der Waals surface area contributed by atoms with Crippen LogP contribution < -0.4 is 5.73 Å². The second-order valence-corrected chi connectivity index (χ2v) is 7.29. The largest absolute Gasteiger partial charge is 0.368 e. The first kappa shape index (κ1) is 17.8. The molecular weight excluding hydrogens is 328 g/mol. The predicted molar refractivity (Wildman–Crippen MR) is 88.3 cm³/mol. The van der Waals surface area contributed by atoms with Crippen molar-refractivity contribution < 1.29 is 18.4 Å². The molecule has 1 aromatic carbocycles. The molecule has 0 radical (unpaired) electrons. The molecule has 0 aromatic heterocycles. The lowest BCUT2D eigenvalue weighted by Crippen LogP contribution is -2.49. The molecule has 0 saturated carbocycles. The molecule has 0 unspecified atom stereocenters. The van der Waals surface area contributed by atoms with Crippen LogP contribution in [0, 0.1) is 17.0 Å². The molecule has 2 N–H and O–H groups in total. The molecule has 136 valence electrons. The fraction of sp³-hybridized carbons (Fsp3) is 0.556. The second-order valence-electron chi connectivity index (χ2n) is 7.29. The zero-order chi connectivity index (χ0) is 18.2. The molecule has 5 nitrogen and oxygen atoms in total. The SMILES string of the molecule is C[C@@H](C(N)=O)N1CCC2(CC1)CC(=O)N(Cc1ccc(F)c(F)c1)C2. The van der Waals surface area contributed by atoms with E-state index < -0.39 is 11.6 Å². The van der Waals surface area contributed by atoms with Gasteiger partial charge in [-0.1, -0.05) is 6.07 Å². The fourth-order valence-corrected chi connectivity index (χ4v) is 3.88. The highest BCUT2D eigenvalue weighted by atomic mass is 19.2. The van der Waals surface area contributed by atoms with E-state index in [1.807, 2.05) is 0 Å². The average Bonchev–Trinajstić information content (AvgIpc) is 2.86. The highest BCUT2D eigenvalue weighted by Gasteiger charge is 2.45. The normalized spacial score (nSPS) is 21.7. The zero-order valence-electron chi connectivity index (χ0n) is 14.3. The second kappa shape index (κ2) is 6.71. The minimum Gasteiger partial charge on any atom is -0.368 e. The van der Waals surface area contributed by atoms with Gasteiger partial charge in [-0.25, -0.2) is 8.78 Å². The topological polar surface area (TPSA) is 66.6 Å². The van der Waals surface area contributed by atoms with Crippen molar-refractivity contribution in [2.24, 2.45) is 11.1 Å². The van der Waals surface area contributed by atoms with Gasteiger partial charge < -0.3 is 10.6 Å². The maximum atomic E-state index is 13.4. The Morgan fingerprint density at radius 2 is 1.96 bits per heavy atom. The number of carbonyl (C=O) groups is 2. The van der Waals surface area contributed by atoms with Gasteiger partial charge in [0, 0.05) is 19.5 Å². The van der Waals surface area contributed by atoms with E-state index in [-0.39, 0.29) is 23.3 Å². The van der Waals surface area contributed by atoms with Crippen LogP contribution in [0.2, 0.25) is 0 Å².